The minimum absolute atomic E-state index is 0.0466. The summed E-state index contributed by atoms with van der Waals surface area (Å²) in [7, 11) is 0. The van der Waals surface area contributed by atoms with E-state index in [-0.39, 0.29) is 18.0 Å². The molecule has 0 heterocycles. The third-order valence-electron chi connectivity index (χ3n) is 4.37. The molecule has 3 aromatic carbocycles. The van der Waals surface area contributed by atoms with Gasteiger partial charge in [0.2, 0.25) is 0 Å². The first-order chi connectivity index (χ1) is 15.6. The zero-order chi connectivity index (χ0) is 24.0. The molecule has 0 radical (unpaired) electrons. The highest BCUT2D eigenvalue weighted by atomic mass is 19.4. The molecule has 9 nitrogen and oxygen atoms in total. The molecule has 12 heteroatoms. The van der Waals surface area contributed by atoms with Gasteiger partial charge in [-0.1, -0.05) is 12.1 Å². The molecule has 33 heavy (non-hydrogen) atoms. The van der Waals surface area contributed by atoms with Crippen molar-refractivity contribution in [2.75, 3.05) is 5.43 Å². The molecule has 3 rings (SSSR count). The van der Waals surface area contributed by atoms with Crippen molar-refractivity contribution in [3.63, 3.8) is 0 Å². The predicted octanol–water partition coefficient (Wildman–Crippen LogP) is 5.55. The molecular weight excluding hydrogens is 445 g/mol. The lowest BCUT2D eigenvalue weighted by Gasteiger charge is -2.10. The SMILES string of the molecule is O=[N+]([O-])c1ccc(COc2ccccc2/C=N\Nc2ccc(C(F)(F)F)cc2[N+](=O)[O-])cc1. The van der Waals surface area contributed by atoms with Crippen LogP contribution in [0.3, 0.4) is 0 Å². The monoisotopic (exact) mass is 460 g/mol. The third kappa shape index (κ3) is 6.03. The highest BCUT2D eigenvalue weighted by molar-refractivity contribution is 5.84. The van der Waals surface area contributed by atoms with E-state index in [2.05, 4.69) is 10.5 Å². The van der Waals surface area contributed by atoms with Gasteiger partial charge >= 0.3 is 6.18 Å². The Bertz CT molecular complexity index is 1200. The van der Waals surface area contributed by atoms with Crippen molar-refractivity contribution >= 4 is 23.3 Å². The van der Waals surface area contributed by atoms with Gasteiger partial charge in [-0.15, -0.1) is 0 Å². The molecule has 0 aliphatic heterocycles. The van der Waals surface area contributed by atoms with Crippen LogP contribution in [0.15, 0.2) is 71.8 Å². The van der Waals surface area contributed by atoms with Crippen LogP contribution in [0.5, 0.6) is 5.75 Å². The van der Waals surface area contributed by atoms with Crippen molar-refractivity contribution in [3.8, 4) is 5.75 Å². The lowest BCUT2D eigenvalue weighted by Crippen LogP contribution is -2.06. The van der Waals surface area contributed by atoms with Crippen LogP contribution in [0.4, 0.5) is 30.2 Å². The summed E-state index contributed by atoms with van der Waals surface area (Å²) in [6, 6.07) is 14.6. The van der Waals surface area contributed by atoms with Crippen LogP contribution >= 0.6 is 0 Å². The second kappa shape index (κ2) is 9.77. The number of halogens is 3. The van der Waals surface area contributed by atoms with E-state index in [4.69, 9.17) is 4.74 Å². The van der Waals surface area contributed by atoms with Crippen LogP contribution in [0.1, 0.15) is 16.7 Å². The Morgan fingerprint density at radius 3 is 2.30 bits per heavy atom. The number of hydrogen-bond donors (Lipinski definition) is 1. The van der Waals surface area contributed by atoms with Gasteiger partial charge in [0.1, 0.15) is 18.0 Å². The Hall–Kier alpha value is -4.48. The number of nitro benzene ring substituents is 2. The first kappa shape index (κ1) is 23.2. The standard InChI is InChI=1S/C21H15F3N4O5/c22-21(23,24)16-7-10-18(19(11-16)28(31)32)26-25-12-15-3-1-2-4-20(15)33-13-14-5-8-17(9-6-14)27(29)30/h1-12,26H,13H2/b25-12-. The van der Waals surface area contributed by atoms with Gasteiger partial charge in [-0.3, -0.25) is 25.7 Å². The summed E-state index contributed by atoms with van der Waals surface area (Å²) in [5, 5.41) is 25.8. The summed E-state index contributed by atoms with van der Waals surface area (Å²) in [4.78, 5) is 20.4. The van der Waals surface area contributed by atoms with E-state index < -0.39 is 27.3 Å². The van der Waals surface area contributed by atoms with E-state index >= 15 is 0 Å². The maximum Gasteiger partial charge on any atom is 0.416 e. The lowest BCUT2D eigenvalue weighted by molar-refractivity contribution is -0.384. The van der Waals surface area contributed by atoms with Crippen molar-refractivity contribution in [3.05, 3.63) is 104 Å². The lowest BCUT2D eigenvalue weighted by atomic mass is 10.1. The largest absolute Gasteiger partial charge is 0.488 e. The topological polar surface area (TPSA) is 120 Å². The van der Waals surface area contributed by atoms with Gasteiger partial charge < -0.3 is 4.74 Å². The molecule has 170 valence electrons. The van der Waals surface area contributed by atoms with Crippen LogP contribution in [0, 0.1) is 20.2 Å². The quantitative estimate of drug-likeness (QED) is 0.267. The van der Waals surface area contributed by atoms with Crippen molar-refractivity contribution in [2.45, 2.75) is 12.8 Å². The molecule has 0 unspecified atom stereocenters. The summed E-state index contributed by atoms with van der Waals surface area (Å²) in [5.41, 5.74) is 1.38. The van der Waals surface area contributed by atoms with E-state index in [0.717, 1.165) is 6.07 Å². The summed E-state index contributed by atoms with van der Waals surface area (Å²) in [6.45, 7) is 0.112. The van der Waals surface area contributed by atoms with Crippen LogP contribution in [0.2, 0.25) is 0 Å². The highest BCUT2D eigenvalue weighted by Gasteiger charge is 2.33. The van der Waals surface area contributed by atoms with Crippen molar-refractivity contribution in [2.24, 2.45) is 5.10 Å². The molecule has 0 bridgehead atoms. The van der Waals surface area contributed by atoms with E-state index in [1.807, 2.05) is 0 Å². The number of nitrogens with one attached hydrogen (secondary N) is 1. The van der Waals surface area contributed by atoms with E-state index in [9.17, 15) is 33.4 Å². The van der Waals surface area contributed by atoms with Gasteiger partial charge in [0, 0.05) is 23.8 Å². The fraction of sp³-hybridized carbons (Fsp3) is 0.0952. The summed E-state index contributed by atoms with van der Waals surface area (Å²) in [5.74, 6) is 0.406. The minimum atomic E-state index is -4.72. The summed E-state index contributed by atoms with van der Waals surface area (Å²) in [6.07, 6.45) is -3.42. The van der Waals surface area contributed by atoms with E-state index in [0.29, 0.717) is 29.0 Å². The second-order valence-corrected chi connectivity index (χ2v) is 6.61. The number of nitro groups is 2. The Labute approximate surface area is 184 Å². The molecule has 1 N–H and O–H groups in total. The molecule has 0 amide bonds. The number of non-ortho nitro benzene ring substituents is 1. The Morgan fingerprint density at radius 2 is 1.67 bits per heavy atom. The van der Waals surface area contributed by atoms with Gasteiger partial charge in [0.25, 0.3) is 11.4 Å². The number of benzene rings is 3. The first-order valence-corrected chi connectivity index (χ1v) is 9.25. The normalized spacial score (nSPS) is 11.4. The molecule has 0 atom stereocenters. The van der Waals surface area contributed by atoms with Gasteiger partial charge in [0.15, 0.2) is 0 Å². The maximum atomic E-state index is 12.8. The number of nitrogens with zero attached hydrogens (tertiary/aromatic N) is 3. The number of hydrogen-bond acceptors (Lipinski definition) is 7. The maximum absolute atomic E-state index is 12.8. The summed E-state index contributed by atoms with van der Waals surface area (Å²) < 4.78 is 44.2. The first-order valence-electron chi connectivity index (χ1n) is 9.25. The molecule has 0 saturated heterocycles. The number of hydrazone groups is 1. The van der Waals surface area contributed by atoms with Crippen LogP contribution in [-0.4, -0.2) is 16.1 Å². The number of alkyl halides is 3. The van der Waals surface area contributed by atoms with Gasteiger partial charge in [-0.2, -0.15) is 18.3 Å². The van der Waals surface area contributed by atoms with Crippen molar-refractivity contribution in [1.29, 1.82) is 0 Å². The predicted molar refractivity (Wildman–Crippen MR) is 113 cm³/mol. The molecule has 0 aliphatic rings. The molecule has 0 aromatic heterocycles. The van der Waals surface area contributed by atoms with Gasteiger partial charge in [-0.25, -0.2) is 0 Å². The molecule has 0 fully saturated rings. The van der Waals surface area contributed by atoms with Crippen molar-refractivity contribution < 1.29 is 27.8 Å². The zero-order valence-electron chi connectivity index (χ0n) is 16.7. The molecule has 3 aromatic rings. The van der Waals surface area contributed by atoms with E-state index in [1.165, 1.54) is 18.3 Å². The molecular formula is C21H15F3N4O5. The fourth-order valence-corrected chi connectivity index (χ4v) is 2.72. The summed E-state index contributed by atoms with van der Waals surface area (Å²) >= 11 is 0. The van der Waals surface area contributed by atoms with E-state index in [1.54, 1.807) is 36.4 Å². The highest BCUT2D eigenvalue weighted by Crippen LogP contribution is 2.35. The fourth-order valence-electron chi connectivity index (χ4n) is 2.72. The van der Waals surface area contributed by atoms with Gasteiger partial charge in [0.05, 0.1) is 21.6 Å². The molecule has 0 saturated carbocycles. The average Bonchev–Trinajstić information content (AvgIpc) is 2.78. The van der Waals surface area contributed by atoms with Crippen LogP contribution in [0.25, 0.3) is 0 Å². The smallest absolute Gasteiger partial charge is 0.416 e. The number of rotatable bonds is 8. The van der Waals surface area contributed by atoms with Crippen LogP contribution < -0.4 is 10.2 Å². The third-order valence-corrected chi connectivity index (χ3v) is 4.37. The number of para-hydroxylation sites is 1. The van der Waals surface area contributed by atoms with Crippen molar-refractivity contribution in [1.82, 2.24) is 0 Å². The Kier molecular flexibility index (Phi) is 6.86. The second-order valence-electron chi connectivity index (χ2n) is 6.61. The van der Waals surface area contributed by atoms with Crippen LogP contribution in [-0.2, 0) is 12.8 Å². The average molecular weight is 460 g/mol. The number of anilines is 1. The minimum Gasteiger partial charge on any atom is -0.488 e. The zero-order valence-corrected chi connectivity index (χ0v) is 16.7. The Balaban J connectivity index is 1.72. The molecule has 0 aliphatic carbocycles. The molecule has 0 spiro atoms. The number of ether oxygens (including phenoxy) is 1. The Morgan fingerprint density at radius 1 is 0.970 bits per heavy atom. The van der Waals surface area contributed by atoms with Gasteiger partial charge in [-0.05, 0) is 42.0 Å².